The molecule has 1 fully saturated rings. The molecule has 0 unspecified atom stereocenters. The number of rotatable bonds is 2. The predicted molar refractivity (Wildman–Crippen MR) is 64.7 cm³/mol. The molecule has 1 aromatic heterocycles. The van der Waals surface area contributed by atoms with Gasteiger partial charge in [-0.25, -0.2) is 13.6 Å². The van der Waals surface area contributed by atoms with Crippen molar-refractivity contribution in [1.29, 1.82) is 0 Å². The molecule has 0 amide bonds. The molecule has 100 valence electrons. The number of nitrogens with zero attached hydrogens (tertiary/aromatic N) is 1. The molecular weight excluding hydrogens is 256 g/mol. The number of methoxy groups -OCH3 is 1. The van der Waals surface area contributed by atoms with E-state index in [-0.39, 0.29) is 18.8 Å². The highest BCUT2D eigenvalue weighted by Crippen LogP contribution is 2.33. The molecule has 0 atom stereocenters. The minimum atomic E-state index is -2.62. The first kappa shape index (κ1) is 12.0. The molecule has 1 aromatic carbocycles. The lowest BCUT2D eigenvalue weighted by Crippen LogP contribution is -2.56. The SMILES string of the molecule is COC(=O)c1cc2ccc(N3CC(F)(F)C3)cc2o1. The van der Waals surface area contributed by atoms with Gasteiger partial charge in [0.15, 0.2) is 0 Å². The number of hydrogen-bond acceptors (Lipinski definition) is 4. The number of hydrogen-bond donors (Lipinski definition) is 0. The number of carbonyl (C=O) groups is 1. The van der Waals surface area contributed by atoms with E-state index in [0.717, 1.165) is 5.39 Å². The molecule has 0 spiro atoms. The zero-order valence-electron chi connectivity index (χ0n) is 10.2. The first-order valence-electron chi connectivity index (χ1n) is 5.73. The molecule has 19 heavy (non-hydrogen) atoms. The summed E-state index contributed by atoms with van der Waals surface area (Å²) in [4.78, 5) is 12.9. The Morgan fingerprint density at radius 2 is 2.11 bits per heavy atom. The van der Waals surface area contributed by atoms with Gasteiger partial charge in [0.05, 0.1) is 20.2 Å². The number of anilines is 1. The summed E-state index contributed by atoms with van der Waals surface area (Å²) in [6.07, 6.45) is 0. The highest BCUT2D eigenvalue weighted by Gasteiger charge is 2.43. The van der Waals surface area contributed by atoms with Gasteiger partial charge in [-0.1, -0.05) is 0 Å². The third kappa shape index (κ3) is 2.03. The molecule has 0 bridgehead atoms. The van der Waals surface area contributed by atoms with Gasteiger partial charge in [-0.2, -0.15) is 0 Å². The van der Waals surface area contributed by atoms with E-state index in [2.05, 4.69) is 4.74 Å². The Bertz CT molecular complexity index is 642. The molecule has 0 radical (unpaired) electrons. The average molecular weight is 267 g/mol. The summed E-state index contributed by atoms with van der Waals surface area (Å²) >= 11 is 0. The fourth-order valence-electron chi connectivity index (χ4n) is 2.11. The second-order valence-corrected chi connectivity index (χ2v) is 4.54. The Hall–Kier alpha value is -2.11. The summed E-state index contributed by atoms with van der Waals surface area (Å²) in [7, 11) is 1.27. The number of esters is 1. The summed E-state index contributed by atoms with van der Waals surface area (Å²) in [6, 6.07) is 6.68. The molecule has 4 nitrogen and oxygen atoms in total. The second-order valence-electron chi connectivity index (χ2n) is 4.54. The fraction of sp³-hybridized carbons (Fsp3) is 0.308. The molecule has 0 N–H and O–H groups in total. The number of fused-ring (bicyclic) bond motifs is 1. The number of benzene rings is 1. The van der Waals surface area contributed by atoms with E-state index in [1.165, 1.54) is 7.11 Å². The number of ether oxygens (including phenoxy) is 1. The molecule has 0 saturated carbocycles. The van der Waals surface area contributed by atoms with Gasteiger partial charge in [0.25, 0.3) is 5.92 Å². The summed E-state index contributed by atoms with van der Waals surface area (Å²) in [5.41, 5.74) is 1.14. The Morgan fingerprint density at radius 3 is 2.74 bits per heavy atom. The number of furan rings is 1. The highest BCUT2D eigenvalue weighted by atomic mass is 19.3. The molecule has 1 saturated heterocycles. The Balaban J connectivity index is 1.91. The van der Waals surface area contributed by atoms with Gasteiger partial charge in [0.2, 0.25) is 5.76 Å². The zero-order chi connectivity index (χ0) is 13.6. The number of alkyl halides is 2. The first-order chi connectivity index (χ1) is 8.98. The molecule has 1 aliphatic rings. The van der Waals surface area contributed by atoms with E-state index in [1.54, 1.807) is 29.2 Å². The van der Waals surface area contributed by atoms with Gasteiger partial charge in [-0.15, -0.1) is 0 Å². The standard InChI is InChI=1S/C13H11F2NO3/c1-18-12(17)11-4-8-2-3-9(5-10(8)19-11)16-6-13(14,15)7-16/h2-5H,6-7H2,1H3. The van der Waals surface area contributed by atoms with Crippen molar-refractivity contribution in [3.8, 4) is 0 Å². The lowest BCUT2D eigenvalue weighted by molar-refractivity contribution is -0.0262. The molecule has 1 aliphatic heterocycles. The monoisotopic (exact) mass is 267 g/mol. The predicted octanol–water partition coefficient (Wildman–Crippen LogP) is 2.67. The lowest BCUT2D eigenvalue weighted by Gasteiger charge is -2.40. The normalized spacial score (nSPS) is 17.3. The van der Waals surface area contributed by atoms with Crippen molar-refractivity contribution in [2.24, 2.45) is 0 Å². The van der Waals surface area contributed by atoms with Gasteiger partial charge in [-0.05, 0) is 18.2 Å². The first-order valence-corrected chi connectivity index (χ1v) is 5.73. The van der Waals surface area contributed by atoms with E-state index in [1.807, 2.05) is 0 Å². The van der Waals surface area contributed by atoms with Crippen LogP contribution in [0.15, 0.2) is 28.7 Å². The van der Waals surface area contributed by atoms with Crippen LogP contribution in [0.25, 0.3) is 11.0 Å². The number of carbonyl (C=O) groups excluding carboxylic acids is 1. The molecular formula is C13H11F2NO3. The molecule has 6 heteroatoms. The number of halogens is 2. The van der Waals surface area contributed by atoms with Crippen LogP contribution >= 0.6 is 0 Å². The Labute approximate surface area is 107 Å². The smallest absolute Gasteiger partial charge is 0.373 e. The maximum absolute atomic E-state index is 12.8. The zero-order valence-corrected chi connectivity index (χ0v) is 10.2. The van der Waals surface area contributed by atoms with Crippen LogP contribution in [0.4, 0.5) is 14.5 Å². The molecule has 2 heterocycles. The topological polar surface area (TPSA) is 42.7 Å². The maximum Gasteiger partial charge on any atom is 0.373 e. The molecule has 3 rings (SSSR count). The van der Waals surface area contributed by atoms with Crippen LogP contribution in [0.2, 0.25) is 0 Å². The van der Waals surface area contributed by atoms with Gasteiger partial charge in [0, 0.05) is 17.1 Å². The summed E-state index contributed by atoms with van der Waals surface area (Å²) < 4.78 is 35.5. The Kier molecular flexibility index (Phi) is 2.48. The average Bonchev–Trinajstić information content (AvgIpc) is 2.77. The van der Waals surface area contributed by atoms with Crippen molar-refractivity contribution >= 4 is 22.6 Å². The summed E-state index contributed by atoms with van der Waals surface area (Å²) in [5.74, 6) is -3.08. The van der Waals surface area contributed by atoms with Crippen LogP contribution < -0.4 is 4.90 Å². The van der Waals surface area contributed by atoms with Gasteiger partial charge >= 0.3 is 5.97 Å². The van der Waals surface area contributed by atoms with Crippen molar-refractivity contribution < 1.29 is 22.7 Å². The lowest BCUT2D eigenvalue weighted by atomic mass is 10.1. The van der Waals surface area contributed by atoms with Crippen molar-refractivity contribution in [2.45, 2.75) is 5.92 Å². The van der Waals surface area contributed by atoms with Crippen molar-refractivity contribution in [3.63, 3.8) is 0 Å². The van der Waals surface area contributed by atoms with Gasteiger partial charge in [-0.3, -0.25) is 0 Å². The van der Waals surface area contributed by atoms with Gasteiger partial charge < -0.3 is 14.1 Å². The van der Waals surface area contributed by atoms with Crippen molar-refractivity contribution in [3.05, 3.63) is 30.0 Å². The largest absolute Gasteiger partial charge is 0.463 e. The fourth-order valence-corrected chi connectivity index (χ4v) is 2.11. The summed E-state index contributed by atoms with van der Waals surface area (Å²) in [6.45, 7) is -0.577. The van der Waals surface area contributed by atoms with E-state index in [9.17, 15) is 13.6 Å². The minimum Gasteiger partial charge on any atom is -0.463 e. The quantitative estimate of drug-likeness (QED) is 0.784. The van der Waals surface area contributed by atoms with E-state index in [0.29, 0.717) is 11.3 Å². The van der Waals surface area contributed by atoms with E-state index >= 15 is 0 Å². The van der Waals surface area contributed by atoms with Crippen LogP contribution in [0.5, 0.6) is 0 Å². The van der Waals surface area contributed by atoms with Crippen LogP contribution in [0, 0.1) is 0 Å². The van der Waals surface area contributed by atoms with E-state index in [4.69, 9.17) is 4.42 Å². The van der Waals surface area contributed by atoms with Crippen LogP contribution in [-0.4, -0.2) is 32.1 Å². The van der Waals surface area contributed by atoms with Crippen molar-refractivity contribution in [1.82, 2.24) is 0 Å². The third-order valence-electron chi connectivity index (χ3n) is 3.10. The highest BCUT2D eigenvalue weighted by molar-refractivity contribution is 5.93. The van der Waals surface area contributed by atoms with Crippen molar-refractivity contribution in [2.75, 3.05) is 25.1 Å². The minimum absolute atomic E-state index is 0.101. The van der Waals surface area contributed by atoms with Crippen LogP contribution in [0.1, 0.15) is 10.6 Å². The van der Waals surface area contributed by atoms with E-state index < -0.39 is 11.9 Å². The summed E-state index contributed by atoms with van der Waals surface area (Å²) in [5, 5.41) is 0.733. The molecule has 2 aromatic rings. The van der Waals surface area contributed by atoms with Gasteiger partial charge in [0.1, 0.15) is 5.58 Å². The third-order valence-corrected chi connectivity index (χ3v) is 3.10. The Morgan fingerprint density at radius 1 is 1.37 bits per heavy atom. The van der Waals surface area contributed by atoms with Crippen LogP contribution in [0.3, 0.4) is 0 Å². The van der Waals surface area contributed by atoms with Crippen LogP contribution in [-0.2, 0) is 4.74 Å². The maximum atomic E-state index is 12.8. The molecule has 0 aliphatic carbocycles. The second kappa shape index (κ2) is 3.94.